The van der Waals surface area contributed by atoms with Crippen LogP contribution >= 0.6 is 0 Å². The summed E-state index contributed by atoms with van der Waals surface area (Å²) < 4.78 is 9.52. The van der Waals surface area contributed by atoms with Crippen molar-refractivity contribution in [2.24, 2.45) is 4.99 Å². The molecule has 0 unspecified atom stereocenters. The van der Waals surface area contributed by atoms with Crippen LogP contribution in [0.2, 0.25) is 0 Å². The van der Waals surface area contributed by atoms with E-state index in [1.54, 1.807) is 18.4 Å². The second-order valence-electron chi connectivity index (χ2n) is 5.75. The fourth-order valence-electron chi connectivity index (χ4n) is 2.25. The second kappa shape index (κ2) is 7.84. The number of hydrogen-bond acceptors (Lipinski definition) is 4. The summed E-state index contributed by atoms with van der Waals surface area (Å²) in [4.78, 5) is 13.1. The molecule has 3 rings (SSSR count). The van der Waals surface area contributed by atoms with Gasteiger partial charge in [-0.1, -0.05) is 32.0 Å². The van der Waals surface area contributed by atoms with Crippen LogP contribution in [-0.4, -0.2) is 25.2 Å². The summed E-state index contributed by atoms with van der Waals surface area (Å²) in [6.07, 6.45) is 1.49. The van der Waals surface area contributed by atoms with Crippen LogP contribution in [0.4, 0.5) is 5.69 Å². The first kappa shape index (κ1) is 16.3. The zero-order valence-corrected chi connectivity index (χ0v) is 14.6. The van der Waals surface area contributed by atoms with Gasteiger partial charge in [-0.05, 0) is 38.1 Å². The molecule has 0 aliphatic rings. The van der Waals surface area contributed by atoms with Crippen molar-refractivity contribution in [1.82, 2.24) is 14.5 Å². The smallest absolute Gasteiger partial charge is 0.160 e. The summed E-state index contributed by atoms with van der Waals surface area (Å²) in [6, 6.07) is 13.3. The van der Waals surface area contributed by atoms with E-state index in [1.165, 1.54) is 6.20 Å². The van der Waals surface area contributed by atoms with Gasteiger partial charge in [0.25, 0.3) is 0 Å². The average molecular weight is 325 g/mol. The van der Waals surface area contributed by atoms with Crippen molar-refractivity contribution in [3.05, 3.63) is 60.3 Å². The summed E-state index contributed by atoms with van der Waals surface area (Å²) in [5.41, 5.74) is 1.73. The van der Waals surface area contributed by atoms with Gasteiger partial charge in [-0.2, -0.15) is 0 Å². The Morgan fingerprint density at radius 1 is 1.12 bits per heavy atom. The largest absolute Gasteiger partial charge is 0.389 e. The molecule has 0 bridgehead atoms. The molecule has 0 aliphatic heterocycles. The lowest BCUT2D eigenvalue weighted by molar-refractivity contribution is 0.0614. The average Bonchev–Trinajstić information content (AvgIpc) is 2.59. The lowest BCUT2D eigenvalue weighted by Gasteiger charge is -2.20. The lowest BCUT2D eigenvalue weighted by atomic mass is 10.1. The molecule has 1 aromatic carbocycles. The van der Waals surface area contributed by atoms with Crippen LogP contribution in [0.15, 0.2) is 59.8 Å². The first-order chi connectivity index (χ1) is 11.9. The third-order valence-corrected chi connectivity index (χ3v) is 3.13. The van der Waals surface area contributed by atoms with Crippen LogP contribution in [0.1, 0.15) is 29.1 Å². The monoisotopic (exact) mass is 325 g/mol. The minimum Gasteiger partial charge on any atom is -0.389 e. The van der Waals surface area contributed by atoms with Crippen molar-refractivity contribution >= 4 is 16.9 Å². The van der Waals surface area contributed by atoms with E-state index in [0.29, 0.717) is 23.2 Å². The minimum absolute atomic E-state index is 0.0823. The fraction of sp³-hybridized carbons (Fsp3) is 0.316. The predicted octanol–water partition coefficient (Wildman–Crippen LogP) is 3.46. The highest BCUT2D eigenvalue weighted by molar-refractivity contribution is 5.69. The van der Waals surface area contributed by atoms with Gasteiger partial charge >= 0.3 is 0 Å². The molecule has 2 aromatic heterocycles. The van der Waals surface area contributed by atoms with Crippen LogP contribution < -0.4 is 5.49 Å². The molecule has 5 nitrogen and oxygen atoms in total. The van der Waals surface area contributed by atoms with Crippen LogP contribution in [0.5, 0.6) is 0 Å². The maximum atomic E-state index is 10.2. The molecule has 24 heavy (non-hydrogen) atoms. The van der Waals surface area contributed by atoms with E-state index in [-0.39, 0.29) is 6.17 Å². The van der Waals surface area contributed by atoms with E-state index >= 15 is 0 Å². The van der Waals surface area contributed by atoms with Crippen LogP contribution in [0, 0.1) is 0 Å². The van der Waals surface area contributed by atoms with Gasteiger partial charge in [-0.3, -0.25) is 4.98 Å². The van der Waals surface area contributed by atoms with Gasteiger partial charge in [0.1, 0.15) is 11.0 Å². The Morgan fingerprint density at radius 3 is 2.50 bits per heavy atom. The number of hydrogen-bond donors (Lipinski definition) is 1. The molecule has 0 saturated heterocycles. The Morgan fingerprint density at radius 2 is 1.83 bits per heavy atom. The Labute approximate surface area is 143 Å². The van der Waals surface area contributed by atoms with Gasteiger partial charge in [0.15, 0.2) is 5.65 Å². The molecule has 0 spiro atoms. The van der Waals surface area contributed by atoms with E-state index < -0.39 is 5.60 Å². The summed E-state index contributed by atoms with van der Waals surface area (Å²) in [6.45, 7) is 7.75. The summed E-state index contributed by atoms with van der Waals surface area (Å²) in [7, 11) is 0. The third kappa shape index (κ3) is 4.49. The molecular formula is C19H24N4O. The maximum absolute atomic E-state index is 10.2. The predicted molar refractivity (Wildman–Crippen MR) is 96.8 cm³/mol. The maximum Gasteiger partial charge on any atom is 0.160 e. The summed E-state index contributed by atoms with van der Waals surface area (Å²) in [5, 5.41) is 10.2. The lowest BCUT2D eigenvalue weighted by Crippen LogP contribution is -2.33. The molecule has 0 aliphatic carbocycles. The van der Waals surface area contributed by atoms with Gasteiger partial charge in [0.05, 0.1) is 19.2 Å². The number of nitrogens with zero attached hydrogens (tertiary/aromatic N) is 4. The van der Waals surface area contributed by atoms with E-state index in [2.05, 4.69) is 15.0 Å². The molecule has 126 valence electrons. The molecular weight excluding hydrogens is 300 g/mol. The molecule has 0 radical (unpaired) electrons. The van der Waals surface area contributed by atoms with Crippen LogP contribution in [-0.2, 0) is 6.54 Å². The van der Waals surface area contributed by atoms with E-state index in [4.69, 9.17) is 1.37 Å². The van der Waals surface area contributed by atoms with Crippen LogP contribution in [0.3, 0.4) is 0 Å². The minimum atomic E-state index is -0.945. The van der Waals surface area contributed by atoms with Crippen molar-refractivity contribution in [2.75, 3.05) is 0 Å². The van der Waals surface area contributed by atoms with Gasteiger partial charge in [0, 0.05) is 12.4 Å². The Bertz CT molecular complexity index is 899. The number of rotatable bonds is 3. The zero-order chi connectivity index (χ0) is 18.4. The quantitative estimate of drug-likeness (QED) is 0.802. The molecule has 2 heterocycles. The van der Waals surface area contributed by atoms with E-state index in [1.807, 2.05) is 56.3 Å². The number of fused-ring (bicyclic) bond motifs is 1. The highest BCUT2D eigenvalue weighted by Gasteiger charge is 2.16. The molecule has 0 saturated carbocycles. The Kier molecular flexibility index (Phi) is 5.33. The van der Waals surface area contributed by atoms with Crippen LogP contribution in [0.25, 0.3) is 11.2 Å². The van der Waals surface area contributed by atoms with Crippen molar-refractivity contribution in [3.8, 4) is 0 Å². The van der Waals surface area contributed by atoms with Crippen molar-refractivity contribution in [1.29, 1.82) is 0 Å². The standard InChI is InChI=1S/C17H18N4O.C2H6/c1-17(2,22)12-21-15(20-13-6-4-3-5-7-13)9-8-14-16(21)19-11-10-18-14;1-2/h3-11,22H,12H2,1-2H3;1-2H3/i11D;. The molecule has 0 amide bonds. The van der Waals surface area contributed by atoms with Gasteiger partial charge in [-0.25, -0.2) is 9.98 Å². The third-order valence-electron chi connectivity index (χ3n) is 3.13. The number of aromatic nitrogens is 3. The van der Waals surface area contributed by atoms with Gasteiger partial charge in [0.2, 0.25) is 0 Å². The molecule has 0 fully saturated rings. The molecule has 3 aromatic rings. The Hall–Kier alpha value is -2.53. The normalized spacial score (nSPS) is 12.5. The number of benzene rings is 1. The van der Waals surface area contributed by atoms with Crippen molar-refractivity contribution in [3.63, 3.8) is 0 Å². The molecule has 5 heteroatoms. The SMILES string of the molecule is CC.[2H]c1cnc2ccc(=Nc3ccccc3)n(CC(C)(C)O)c2n1. The highest BCUT2D eigenvalue weighted by atomic mass is 16.3. The van der Waals surface area contributed by atoms with E-state index in [0.717, 1.165) is 5.69 Å². The first-order valence-electron chi connectivity index (χ1n) is 8.58. The number of para-hydroxylation sites is 1. The second-order valence-corrected chi connectivity index (χ2v) is 5.75. The highest BCUT2D eigenvalue weighted by Crippen LogP contribution is 2.12. The van der Waals surface area contributed by atoms with Gasteiger partial charge < -0.3 is 9.67 Å². The number of aliphatic hydroxyl groups is 1. The molecule has 0 atom stereocenters. The topological polar surface area (TPSA) is 63.3 Å². The first-order valence-corrected chi connectivity index (χ1v) is 8.08. The van der Waals surface area contributed by atoms with Crippen molar-refractivity contribution < 1.29 is 6.48 Å². The van der Waals surface area contributed by atoms with Crippen molar-refractivity contribution in [2.45, 2.75) is 39.8 Å². The molecule has 1 N–H and O–H groups in total. The zero-order valence-electron chi connectivity index (χ0n) is 15.6. The number of pyridine rings is 1. The Balaban J connectivity index is 0.00000109. The van der Waals surface area contributed by atoms with E-state index in [9.17, 15) is 5.11 Å². The summed E-state index contributed by atoms with van der Waals surface area (Å²) in [5.74, 6) is 0. The van der Waals surface area contributed by atoms with Gasteiger partial charge in [-0.15, -0.1) is 0 Å². The fourth-order valence-corrected chi connectivity index (χ4v) is 2.25. The summed E-state index contributed by atoms with van der Waals surface area (Å²) >= 11 is 0.